The summed E-state index contributed by atoms with van der Waals surface area (Å²) in [5.74, 6) is -2.83. The zero-order valence-corrected chi connectivity index (χ0v) is 22.6. The highest BCUT2D eigenvalue weighted by atomic mass is 32.2. The molecule has 186 valence electrons. The SMILES string of the molecule is CCN(CC)C(=O)c1ccccc1S(=O)C1=C(C(=O)O)N2C(=O)C(C(C)O[Si](C)(C)C)[C@@H]2C1C. The number of nitrogens with zero attached hydrogens (tertiary/aromatic N) is 2. The molecule has 1 aromatic rings. The lowest BCUT2D eigenvalue weighted by Gasteiger charge is -2.48. The number of aliphatic carboxylic acids is 1. The second kappa shape index (κ2) is 9.75. The van der Waals surface area contributed by atoms with Gasteiger partial charge in [0.05, 0.1) is 44.2 Å². The van der Waals surface area contributed by atoms with Crippen molar-refractivity contribution < 1.29 is 28.1 Å². The average Bonchev–Trinajstić information content (AvgIpc) is 3.01. The number of fused-ring (bicyclic) bond motifs is 1. The molecule has 1 fully saturated rings. The summed E-state index contributed by atoms with van der Waals surface area (Å²) in [6, 6.07) is 6.15. The number of amides is 2. The Morgan fingerprint density at radius 2 is 1.79 bits per heavy atom. The van der Waals surface area contributed by atoms with Gasteiger partial charge in [-0.25, -0.2) is 9.00 Å². The van der Waals surface area contributed by atoms with Gasteiger partial charge in [0.15, 0.2) is 8.32 Å². The third kappa shape index (κ3) is 4.50. The van der Waals surface area contributed by atoms with Crippen LogP contribution in [0.2, 0.25) is 19.6 Å². The molecule has 1 aromatic carbocycles. The molecule has 0 spiro atoms. The Labute approximate surface area is 204 Å². The fourth-order valence-corrected chi connectivity index (χ4v) is 7.89. The summed E-state index contributed by atoms with van der Waals surface area (Å²) in [6.07, 6.45) is -0.373. The smallest absolute Gasteiger partial charge is 0.353 e. The summed E-state index contributed by atoms with van der Waals surface area (Å²) < 4.78 is 20.0. The fourth-order valence-electron chi connectivity index (χ4n) is 4.99. The van der Waals surface area contributed by atoms with Gasteiger partial charge in [0.25, 0.3) is 5.91 Å². The first kappa shape index (κ1) is 26.3. The number of carboxylic acids is 1. The summed E-state index contributed by atoms with van der Waals surface area (Å²) in [5, 5.41) is 10.0. The fraction of sp³-hybridized carbons (Fsp3) is 0.542. The molecule has 2 aliphatic heterocycles. The molecule has 8 nitrogen and oxygen atoms in total. The van der Waals surface area contributed by atoms with Crippen molar-refractivity contribution in [1.29, 1.82) is 0 Å². The van der Waals surface area contributed by atoms with E-state index in [1.165, 1.54) is 4.90 Å². The third-order valence-electron chi connectivity index (χ3n) is 6.40. The van der Waals surface area contributed by atoms with E-state index in [2.05, 4.69) is 0 Å². The predicted octanol–water partition coefficient (Wildman–Crippen LogP) is 3.29. The standard InChI is InChI=1S/C24H34N2O6SSi/c1-8-25(9-2)22(27)16-12-10-11-13-17(16)33(31)21-14(3)19-18(15(4)32-34(5,6)7)23(28)26(19)20(21)24(29)30/h10-15,18-19H,8-9H2,1-7H3,(H,29,30)/t14?,15?,18?,19-,33?/m0/s1. The van der Waals surface area contributed by atoms with Crippen molar-refractivity contribution in [2.45, 2.75) is 64.4 Å². The quantitative estimate of drug-likeness (QED) is 0.407. The van der Waals surface area contributed by atoms with E-state index in [-0.39, 0.29) is 39.0 Å². The van der Waals surface area contributed by atoms with Gasteiger partial charge >= 0.3 is 5.97 Å². The Balaban J connectivity index is 2.03. The average molecular weight is 507 g/mol. The molecule has 0 aliphatic carbocycles. The molecule has 1 N–H and O–H groups in total. The van der Waals surface area contributed by atoms with Gasteiger partial charge in [-0.2, -0.15) is 0 Å². The van der Waals surface area contributed by atoms with Gasteiger partial charge in [0, 0.05) is 19.0 Å². The molecular formula is C24H34N2O6SSi. The highest BCUT2D eigenvalue weighted by molar-refractivity contribution is 7.89. The molecule has 3 rings (SSSR count). The van der Waals surface area contributed by atoms with Gasteiger partial charge in [-0.15, -0.1) is 0 Å². The maximum Gasteiger partial charge on any atom is 0.353 e. The van der Waals surface area contributed by atoms with Crippen LogP contribution in [-0.2, 0) is 24.8 Å². The molecule has 0 bridgehead atoms. The van der Waals surface area contributed by atoms with Crippen LogP contribution in [0.3, 0.4) is 0 Å². The van der Waals surface area contributed by atoms with Gasteiger partial charge < -0.3 is 19.3 Å². The molecule has 0 saturated carbocycles. The number of carbonyl (C=O) groups excluding carboxylic acids is 2. The van der Waals surface area contributed by atoms with E-state index in [0.29, 0.717) is 13.1 Å². The number of carboxylic acid groups (broad SMARTS) is 1. The van der Waals surface area contributed by atoms with Crippen LogP contribution >= 0.6 is 0 Å². The van der Waals surface area contributed by atoms with Crippen molar-refractivity contribution in [3.05, 3.63) is 40.4 Å². The first-order chi connectivity index (χ1) is 15.9. The Morgan fingerprint density at radius 3 is 2.32 bits per heavy atom. The summed E-state index contributed by atoms with van der Waals surface area (Å²) in [7, 11) is -3.86. The van der Waals surface area contributed by atoms with E-state index in [9.17, 15) is 23.7 Å². The molecule has 2 amide bonds. The number of β-lactam (4-membered cyclic amide) rings is 1. The Hall–Kier alpha value is -2.30. The summed E-state index contributed by atoms with van der Waals surface area (Å²) in [5.41, 5.74) is 0.0453. The maximum absolute atomic E-state index is 13.9. The van der Waals surface area contributed by atoms with Crippen molar-refractivity contribution in [2.24, 2.45) is 11.8 Å². The molecule has 2 aliphatic rings. The summed E-state index contributed by atoms with van der Waals surface area (Å²) in [6.45, 7) is 14.5. The third-order valence-corrected chi connectivity index (χ3v) is 9.20. The number of benzene rings is 1. The molecule has 34 heavy (non-hydrogen) atoms. The summed E-state index contributed by atoms with van der Waals surface area (Å²) >= 11 is 0. The van der Waals surface area contributed by atoms with Crippen molar-refractivity contribution in [3.8, 4) is 0 Å². The molecular weight excluding hydrogens is 472 g/mol. The lowest BCUT2D eigenvalue weighted by Crippen LogP contribution is -2.64. The first-order valence-electron chi connectivity index (χ1n) is 11.6. The lowest BCUT2D eigenvalue weighted by molar-refractivity contribution is -0.162. The van der Waals surface area contributed by atoms with Crippen LogP contribution in [0, 0.1) is 11.8 Å². The van der Waals surface area contributed by atoms with Crippen molar-refractivity contribution >= 4 is 36.9 Å². The Morgan fingerprint density at radius 1 is 1.21 bits per heavy atom. The van der Waals surface area contributed by atoms with Gasteiger partial charge in [-0.1, -0.05) is 19.1 Å². The van der Waals surface area contributed by atoms with Gasteiger partial charge in [-0.05, 0) is 52.5 Å². The number of carbonyl (C=O) groups is 3. The highest BCUT2D eigenvalue weighted by Gasteiger charge is 2.61. The predicted molar refractivity (Wildman–Crippen MR) is 132 cm³/mol. The minimum absolute atomic E-state index is 0.174. The second-order valence-electron chi connectivity index (χ2n) is 9.71. The Bertz CT molecular complexity index is 1060. The molecule has 0 radical (unpaired) electrons. The van der Waals surface area contributed by atoms with Crippen LogP contribution in [0.25, 0.3) is 0 Å². The summed E-state index contributed by atoms with van der Waals surface area (Å²) in [4.78, 5) is 41.8. The van der Waals surface area contributed by atoms with E-state index in [1.54, 1.807) is 36.1 Å². The van der Waals surface area contributed by atoms with E-state index in [4.69, 9.17) is 4.43 Å². The number of rotatable bonds is 9. The van der Waals surface area contributed by atoms with E-state index < -0.39 is 43.0 Å². The van der Waals surface area contributed by atoms with E-state index >= 15 is 0 Å². The van der Waals surface area contributed by atoms with E-state index in [1.807, 2.05) is 40.4 Å². The van der Waals surface area contributed by atoms with Crippen LogP contribution in [-0.4, -0.2) is 70.5 Å². The number of hydrogen-bond donors (Lipinski definition) is 1. The Kier molecular flexibility index (Phi) is 7.54. The van der Waals surface area contributed by atoms with Crippen LogP contribution in [0.1, 0.15) is 38.1 Å². The van der Waals surface area contributed by atoms with Crippen molar-refractivity contribution in [3.63, 3.8) is 0 Å². The largest absolute Gasteiger partial charge is 0.477 e. The van der Waals surface area contributed by atoms with Crippen molar-refractivity contribution in [2.75, 3.05) is 13.1 Å². The minimum Gasteiger partial charge on any atom is -0.477 e. The normalized spacial score (nSPS) is 23.9. The zero-order chi connectivity index (χ0) is 25.5. The second-order valence-corrected chi connectivity index (χ2v) is 15.6. The minimum atomic E-state index is -1.93. The zero-order valence-electron chi connectivity index (χ0n) is 20.8. The van der Waals surface area contributed by atoms with E-state index in [0.717, 1.165) is 0 Å². The maximum atomic E-state index is 13.9. The molecule has 4 unspecified atom stereocenters. The van der Waals surface area contributed by atoms with Gasteiger partial charge in [0.2, 0.25) is 5.91 Å². The number of hydrogen-bond acceptors (Lipinski definition) is 5. The highest BCUT2D eigenvalue weighted by Crippen LogP contribution is 2.49. The topological polar surface area (TPSA) is 104 Å². The molecule has 10 heteroatoms. The van der Waals surface area contributed by atoms with Crippen LogP contribution in [0.15, 0.2) is 39.8 Å². The van der Waals surface area contributed by atoms with Gasteiger partial charge in [-0.3, -0.25) is 9.59 Å². The van der Waals surface area contributed by atoms with Gasteiger partial charge in [0.1, 0.15) is 5.70 Å². The molecule has 1 saturated heterocycles. The van der Waals surface area contributed by atoms with Crippen LogP contribution < -0.4 is 0 Å². The first-order valence-corrected chi connectivity index (χ1v) is 16.2. The molecule has 0 aromatic heterocycles. The molecule has 5 atom stereocenters. The van der Waals surface area contributed by atoms with Crippen LogP contribution in [0.5, 0.6) is 0 Å². The lowest BCUT2D eigenvalue weighted by atomic mass is 9.79. The van der Waals surface area contributed by atoms with Crippen molar-refractivity contribution in [1.82, 2.24) is 9.80 Å². The molecule has 2 heterocycles. The van der Waals surface area contributed by atoms with Crippen LogP contribution in [0.4, 0.5) is 0 Å². The monoisotopic (exact) mass is 506 g/mol.